The number of aliphatic imine (C=N–C) groups is 1. The van der Waals surface area contributed by atoms with Gasteiger partial charge in [-0.3, -0.25) is 9.79 Å². The van der Waals surface area contributed by atoms with Crippen LogP contribution in [0.25, 0.3) is 6.08 Å². The fourth-order valence-electron chi connectivity index (χ4n) is 6.15. The van der Waals surface area contributed by atoms with E-state index in [4.69, 9.17) is 4.99 Å². The van der Waals surface area contributed by atoms with E-state index in [1.165, 1.54) is 9.71 Å². The fraction of sp³-hybridized carbons (Fsp3) is 0.643. The zero-order valence-electron chi connectivity index (χ0n) is 22.9. The molecule has 1 amide bonds. The van der Waals surface area contributed by atoms with Crippen LogP contribution in [0.15, 0.2) is 22.5 Å². The Labute approximate surface area is 229 Å². The van der Waals surface area contributed by atoms with Crippen molar-refractivity contribution < 1.29 is 26.4 Å². The number of amidine groups is 1. The number of rotatable bonds is 8. The van der Waals surface area contributed by atoms with Crippen LogP contribution in [0, 0.1) is 25.7 Å². The van der Waals surface area contributed by atoms with Gasteiger partial charge < -0.3 is 10.6 Å². The highest BCUT2D eigenvalue weighted by Gasteiger charge is 2.48. The van der Waals surface area contributed by atoms with Crippen LogP contribution < -0.4 is 10.6 Å². The molecular weight excluding hydrogens is 529 g/mol. The summed E-state index contributed by atoms with van der Waals surface area (Å²) < 4.78 is 65.3. The summed E-state index contributed by atoms with van der Waals surface area (Å²) >= 11 is 0. The maximum atomic E-state index is 13.1. The van der Waals surface area contributed by atoms with Gasteiger partial charge in [0.25, 0.3) is 5.91 Å². The lowest BCUT2D eigenvalue weighted by Crippen LogP contribution is -2.50. The predicted molar refractivity (Wildman–Crippen MR) is 146 cm³/mol. The van der Waals surface area contributed by atoms with Crippen molar-refractivity contribution in [2.24, 2.45) is 16.8 Å². The van der Waals surface area contributed by atoms with Crippen molar-refractivity contribution >= 4 is 27.8 Å². The zero-order chi connectivity index (χ0) is 28.4. The molecule has 39 heavy (non-hydrogen) atoms. The molecule has 2 aliphatic heterocycles. The Morgan fingerprint density at radius 2 is 1.74 bits per heavy atom. The second kappa shape index (κ2) is 11.7. The Bertz CT molecular complexity index is 1200. The van der Waals surface area contributed by atoms with Gasteiger partial charge in [0.2, 0.25) is 10.0 Å². The number of nitrogens with one attached hydrogen (secondary N) is 2. The van der Waals surface area contributed by atoms with Crippen LogP contribution >= 0.6 is 0 Å². The average Bonchev–Trinajstić information content (AvgIpc) is 3.18. The summed E-state index contributed by atoms with van der Waals surface area (Å²) in [6.07, 6.45) is 0.322. The number of benzene rings is 1. The van der Waals surface area contributed by atoms with Gasteiger partial charge in [-0.05, 0) is 100 Å². The molecule has 1 spiro atoms. The molecule has 1 aromatic rings. The Hall–Kier alpha value is -2.24. The van der Waals surface area contributed by atoms with E-state index in [9.17, 15) is 26.4 Å². The van der Waals surface area contributed by atoms with E-state index in [0.29, 0.717) is 44.4 Å². The molecule has 0 aromatic heterocycles. The number of amides is 1. The van der Waals surface area contributed by atoms with E-state index < -0.39 is 28.2 Å². The minimum atomic E-state index is -4.12. The van der Waals surface area contributed by atoms with Gasteiger partial charge in [0, 0.05) is 37.4 Å². The van der Waals surface area contributed by atoms with E-state index in [0.717, 1.165) is 28.8 Å². The van der Waals surface area contributed by atoms with E-state index in [-0.39, 0.29) is 37.3 Å². The van der Waals surface area contributed by atoms with Crippen LogP contribution in [0.4, 0.5) is 13.2 Å². The molecule has 2 fully saturated rings. The second-order valence-electron chi connectivity index (χ2n) is 11.3. The number of halogens is 3. The third-order valence-electron chi connectivity index (χ3n) is 8.42. The highest BCUT2D eigenvalue weighted by atomic mass is 32.2. The Morgan fingerprint density at radius 3 is 2.31 bits per heavy atom. The van der Waals surface area contributed by atoms with Crippen LogP contribution in [0.2, 0.25) is 0 Å². The summed E-state index contributed by atoms with van der Waals surface area (Å²) in [6, 6.07) is 4.09. The summed E-state index contributed by atoms with van der Waals surface area (Å²) in [5.41, 5.74) is 3.06. The molecule has 1 saturated carbocycles. The number of piperidine rings is 1. The van der Waals surface area contributed by atoms with E-state index in [1.807, 2.05) is 33.0 Å². The summed E-state index contributed by atoms with van der Waals surface area (Å²) in [7, 11) is -1.79. The molecule has 11 heteroatoms. The first-order valence-electron chi connectivity index (χ1n) is 13.7. The SMILES string of the molecule is CNCc1cc(C)c(C=CS(=O)(=O)N2CCC3(CC2)N=C(C2CCC(CCC(F)(F)F)CC2)NC3=O)c(C)c1. The topological polar surface area (TPSA) is 90.9 Å². The summed E-state index contributed by atoms with van der Waals surface area (Å²) in [6.45, 7) is 5.06. The molecule has 0 unspecified atom stereocenters. The highest BCUT2D eigenvalue weighted by molar-refractivity contribution is 7.92. The van der Waals surface area contributed by atoms with Crippen molar-refractivity contribution in [1.29, 1.82) is 0 Å². The Morgan fingerprint density at radius 1 is 1.13 bits per heavy atom. The van der Waals surface area contributed by atoms with Gasteiger partial charge in [-0.15, -0.1) is 0 Å². The van der Waals surface area contributed by atoms with Crippen LogP contribution in [-0.4, -0.2) is 56.3 Å². The number of nitrogens with zero attached hydrogens (tertiary/aromatic N) is 2. The summed E-state index contributed by atoms with van der Waals surface area (Å²) in [5, 5.41) is 7.30. The number of carbonyl (C=O) groups excluding carboxylic acids is 1. The predicted octanol–water partition coefficient (Wildman–Crippen LogP) is 4.84. The summed E-state index contributed by atoms with van der Waals surface area (Å²) in [5.74, 6) is 0.511. The molecule has 3 aliphatic rings. The minimum Gasteiger partial charge on any atom is -0.316 e. The van der Waals surface area contributed by atoms with Crippen LogP contribution in [0.3, 0.4) is 0 Å². The van der Waals surface area contributed by atoms with Crippen molar-refractivity contribution in [3.63, 3.8) is 0 Å². The van der Waals surface area contributed by atoms with Gasteiger partial charge >= 0.3 is 6.18 Å². The molecule has 1 aliphatic carbocycles. The first-order chi connectivity index (χ1) is 18.3. The maximum Gasteiger partial charge on any atom is 0.389 e. The van der Waals surface area contributed by atoms with Crippen molar-refractivity contribution in [3.8, 4) is 0 Å². The lowest BCUT2D eigenvalue weighted by Gasteiger charge is -2.34. The molecule has 0 atom stereocenters. The maximum absolute atomic E-state index is 13.1. The smallest absolute Gasteiger partial charge is 0.316 e. The number of hydrogen-bond acceptors (Lipinski definition) is 5. The third-order valence-corrected chi connectivity index (χ3v) is 9.98. The van der Waals surface area contributed by atoms with Crippen molar-refractivity contribution in [3.05, 3.63) is 39.8 Å². The average molecular weight is 569 g/mol. The molecule has 1 saturated heterocycles. The molecule has 2 heterocycles. The molecule has 1 aromatic carbocycles. The van der Waals surface area contributed by atoms with Crippen LogP contribution in [0.1, 0.15) is 73.6 Å². The first-order valence-corrected chi connectivity index (χ1v) is 15.2. The van der Waals surface area contributed by atoms with Crippen molar-refractivity contribution in [2.45, 2.75) is 83.5 Å². The van der Waals surface area contributed by atoms with Gasteiger partial charge in [0.05, 0.1) is 0 Å². The number of carbonyl (C=O) groups is 1. The third kappa shape index (κ3) is 7.10. The molecule has 0 bridgehead atoms. The Balaban J connectivity index is 1.36. The van der Waals surface area contributed by atoms with Gasteiger partial charge in [-0.1, -0.05) is 12.1 Å². The minimum absolute atomic E-state index is 0.0335. The molecule has 4 rings (SSSR count). The lowest BCUT2D eigenvalue weighted by molar-refractivity contribution is -0.138. The van der Waals surface area contributed by atoms with Gasteiger partial charge in [-0.2, -0.15) is 17.5 Å². The zero-order valence-corrected chi connectivity index (χ0v) is 23.7. The van der Waals surface area contributed by atoms with Gasteiger partial charge in [0.1, 0.15) is 11.4 Å². The van der Waals surface area contributed by atoms with E-state index >= 15 is 0 Å². The number of sulfonamides is 1. The fourth-order valence-corrected chi connectivity index (χ4v) is 7.32. The van der Waals surface area contributed by atoms with Crippen molar-refractivity contribution in [1.82, 2.24) is 14.9 Å². The quantitative estimate of drug-likeness (QED) is 0.470. The largest absolute Gasteiger partial charge is 0.389 e. The molecular formula is C28H39F3N4O3S. The van der Waals surface area contributed by atoms with Gasteiger partial charge in [-0.25, -0.2) is 8.42 Å². The normalized spacial score (nSPS) is 24.4. The first kappa shape index (κ1) is 29.7. The molecule has 0 radical (unpaired) electrons. The Kier molecular flexibility index (Phi) is 8.92. The van der Waals surface area contributed by atoms with E-state index in [1.54, 1.807) is 6.08 Å². The molecule has 2 N–H and O–H groups in total. The lowest BCUT2D eigenvalue weighted by atomic mass is 9.79. The number of aryl methyl sites for hydroxylation is 2. The summed E-state index contributed by atoms with van der Waals surface area (Å²) in [4.78, 5) is 17.7. The molecule has 216 valence electrons. The van der Waals surface area contributed by atoms with Gasteiger partial charge in [0.15, 0.2) is 0 Å². The molecule has 7 nitrogen and oxygen atoms in total. The van der Waals surface area contributed by atoms with E-state index in [2.05, 4.69) is 10.6 Å². The number of hydrogen-bond donors (Lipinski definition) is 2. The number of alkyl halides is 3. The van der Waals surface area contributed by atoms with Crippen LogP contribution in [0.5, 0.6) is 0 Å². The second-order valence-corrected chi connectivity index (χ2v) is 13.1. The standard InChI is InChI=1S/C28H39F3N4O3S/c1-19-16-22(18-32-3)17-20(2)24(19)9-15-39(37,38)35-13-11-27(12-14-35)26(36)33-25(34-27)23-6-4-21(5-7-23)8-10-28(29,30)31/h9,15-17,21,23,32H,4-8,10-14,18H2,1-3H3,(H,33,34,36). The monoisotopic (exact) mass is 568 g/mol. The van der Waals surface area contributed by atoms with Crippen molar-refractivity contribution in [2.75, 3.05) is 20.1 Å². The highest BCUT2D eigenvalue weighted by Crippen LogP contribution is 2.38. The van der Waals surface area contributed by atoms with Crippen LogP contribution in [-0.2, 0) is 21.4 Å².